The predicted octanol–water partition coefficient (Wildman–Crippen LogP) is 1.67. The SMILES string of the molecule is O=C(O)CCCCC1OC=CC=CC1=O. The number of carboxylic acid groups (broad SMARTS) is 1. The van der Waals surface area contributed by atoms with Crippen LogP contribution in [0.2, 0.25) is 0 Å². The normalized spacial score (nSPS) is 19.7. The van der Waals surface area contributed by atoms with E-state index in [2.05, 4.69) is 0 Å². The van der Waals surface area contributed by atoms with E-state index >= 15 is 0 Å². The highest BCUT2D eigenvalue weighted by atomic mass is 16.5. The van der Waals surface area contributed by atoms with Gasteiger partial charge in [0.1, 0.15) is 0 Å². The Morgan fingerprint density at radius 3 is 2.93 bits per heavy atom. The summed E-state index contributed by atoms with van der Waals surface area (Å²) in [5, 5.41) is 8.43. The van der Waals surface area contributed by atoms with Crippen molar-refractivity contribution in [1.82, 2.24) is 0 Å². The Labute approximate surface area is 88.2 Å². The van der Waals surface area contributed by atoms with Crippen molar-refractivity contribution in [2.75, 3.05) is 0 Å². The van der Waals surface area contributed by atoms with Crippen molar-refractivity contribution in [2.45, 2.75) is 31.8 Å². The van der Waals surface area contributed by atoms with E-state index in [1.807, 2.05) is 0 Å². The lowest BCUT2D eigenvalue weighted by atomic mass is 10.1. The van der Waals surface area contributed by atoms with Crippen LogP contribution >= 0.6 is 0 Å². The fourth-order valence-electron chi connectivity index (χ4n) is 1.33. The van der Waals surface area contributed by atoms with E-state index in [9.17, 15) is 9.59 Å². The molecule has 15 heavy (non-hydrogen) atoms. The minimum Gasteiger partial charge on any atom is -0.490 e. The maximum atomic E-state index is 11.4. The van der Waals surface area contributed by atoms with Crippen LogP contribution in [0.5, 0.6) is 0 Å². The lowest BCUT2D eigenvalue weighted by Crippen LogP contribution is -2.19. The molecule has 1 N–H and O–H groups in total. The van der Waals surface area contributed by atoms with Crippen LogP contribution < -0.4 is 0 Å². The van der Waals surface area contributed by atoms with Crippen LogP contribution in [0.25, 0.3) is 0 Å². The minimum atomic E-state index is -0.803. The standard InChI is InChI=1S/C11H14O4/c12-9-5-3-4-8-15-10(9)6-1-2-7-11(13)14/h3-5,8,10H,1-2,6-7H2,(H,13,14). The summed E-state index contributed by atoms with van der Waals surface area (Å²) < 4.78 is 5.18. The molecule has 0 aromatic heterocycles. The molecule has 4 nitrogen and oxygen atoms in total. The van der Waals surface area contributed by atoms with Gasteiger partial charge in [0, 0.05) is 6.42 Å². The third-order valence-electron chi connectivity index (χ3n) is 2.12. The van der Waals surface area contributed by atoms with Gasteiger partial charge >= 0.3 is 5.97 Å². The number of ether oxygens (including phenoxy) is 1. The summed E-state index contributed by atoms with van der Waals surface area (Å²) in [7, 11) is 0. The Bertz CT molecular complexity index is 291. The van der Waals surface area contributed by atoms with Crippen molar-refractivity contribution >= 4 is 11.8 Å². The van der Waals surface area contributed by atoms with Gasteiger partial charge in [0.25, 0.3) is 0 Å². The van der Waals surface area contributed by atoms with E-state index in [1.54, 1.807) is 12.2 Å². The molecule has 0 saturated carbocycles. The molecule has 1 rings (SSSR count). The van der Waals surface area contributed by atoms with Gasteiger partial charge in [-0.1, -0.05) is 6.08 Å². The summed E-state index contributed by atoms with van der Waals surface area (Å²) in [6.45, 7) is 0. The molecule has 0 radical (unpaired) electrons. The number of carbonyl (C=O) groups is 2. The molecule has 0 bridgehead atoms. The average molecular weight is 210 g/mol. The monoisotopic (exact) mass is 210 g/mol. The van der Waals surface area contributed by atoms with E-state index in [0.29, 0.717) is 19.3 Å². The van der Waals surface area contributed by atoms with Gasteiger partial charge in [-0.05, 0) is 31.4 Å². The summed E-state index contributed by atoms with van der Waals surface area (Å²) >= 11 is 0. The largest absolute Gasteiger partial charge is 0.490 e. The second-order valence-corrected chi connectivity index (χ2v) is 3.35. The molecule has 1 unspecified atom stereocenters. The number of hydrogen-bond donors (Lipinski definition) is 1. The highest BCUT2D eigenvalue weighted by Crippen LogP contribution is 2.11. The molecule has 0 spiro atoms. The zero-order valence-electron chi connectivity index (χ0n) is 8.39. The first-order valence-electron chi connectivity index (χ1n) is 4.94. The molecular weight excluding hydrogens is 196 g/mol. The summed E-state index contributed by atoms with van der Waals surface area (Å²) in [5.41, 5.74) is 0. The fourth-order valence-corrected chi connectivity index (χ4v) is 1.33. The molecule has 82 valence electrons. The second kappa shape index (κ2) is 6.01. The van der Waals surface area contributed by atoms with E-state index < -0.39 is 12.1 Å². The Kier molecular flexibility index (Phi) is 4.60. The van der Waals surface area contributed by atoms with Crippen molar-refractivity contribution in [2.24, 2.45) is 0 Å². The Morgan fingerprint density at radius 2 is 2.20 bits per heavy atom. The first-order valence-corrected chi connectivity index (χ1v) is 4.94. The molecule has 0 fully saturated rings. The molecular formula is C11H14O4. The Balaban J connectivity index is 2.25. The maximum Gasteiger partial charge on any atom is 0.303 e. The first-order chi connectivity index (χ1) is 7.20. The van der Waals surface area contributed by atoms with E-state index in [4.69, 9.17) is 9.84 Å². The van der Waals surface area contributed by atoms with Gasteiger partial charge in [-0.2, -0.15) is 0 Å². The number of carboxylic acids is 1. The third-order valence-corrected chi connectivity index (χ3v) is 2.12. The Morgan fingerprint density at radius 1 is 1.40 bits per heavy atom. The molecule has 1 aliphatic heterocycles. The van der Waals surface area contributed by atoms with Gasteiger partial charge in [0.15, 0.2) is 11.9 Å². The number of ketones is 1. The number of allylic oxidation sites excluding steroid dienone is 2. The fraction of sp³-hybridized carbons (Fsp3) is 0.455. The van der Waals surface area contributed by atoms with Crippen molar-refractivity contribution < 1.29 is 19.4 Å². The topological polar surface area (TPSA) is 63.6 Å². The van der Waals surface area contributed by atoms with Gasteiger partial charge < -0.3 is 9.84 Å². The highest BCUT2D eigenvalue weighted by molar-refractivity contribution is 5.94. The molecule has 1 aliphatic rings. The number of unbranched alkanes of at least 4 members (excludes halogenated alkanes) is 1. The van der Waals surface area contributed by atoms with Crippen molar-refractivity contribution in [3.63, 3.8) is 0 Å². The lowest BCUT2D eigenvalue weighted by molar-refractivity contribution is -0.137. The maximum absolute atomic E-state index is 11.4. The average Bonchev–Trinajstić information content (AvgIpc) is 2.38. The minimum absolute atomic E-state index is 0.0599. The van der Waals surface area contributed by atoms with Crippen molar-refractivity contribution in [3.8, 4) is 0 Å². The summed E-state index contributed by atoms with van der Waals surface area (Å²) in [6, 6.07) is 0. The Hall–Kier alpha value is -1.58. The molecule has 0 amide bonds. The number of rotatable bonds is 5. The molecule has 0 aliphatic carbocycles. The molecule has 0 aromatic rings. The van der Waals surface area contributed by atoms with Gasteiger partial charge in [-0.15, -0.1) is 0 Å². The van der Waals surface area contributed by atoms with Gasteiger partial charge in [-0.3, -0.25) is 9.59 Å². The molecule has 1 atom stereocenters. The number of aliphatic carboxylic acids is 1. The van der Waals surface area contributed by atoms with E-state index in [1.165, 1.54) is 12.3 Å². The highest BCUT2D eigenvalue weighted by Gasteiger charge is 2.16. The van der Waals surface area contributed by atoms with Crippen LogP contribution in [0.3, 0.4) is 0 Å². The van der Waals surface area contributed by atoms with Crippen LogP contribution in [-0.2, 0) is 14.3 Å². The zero-order chi connectivity index (χ0) is 11.1. The number of carbonyl (C=O) groups excluding carboxylic acids is 1. The van der Waals surface area contributed by atoms with E-state index in [-0.39, 0.29) is 12.2 Å². The molecule has 1 heterocycles. The smallest absolute Gasteiger partial charge is 0.303 e. The van der Waals surface area contributed by atoms with Crippen LogP contribution in [-0.4, -0.2) is 23.0 Å². The summed E-state index contributed by atoms with van der Waals surface area (Å²) in [4.78, 5) is 21.6. The van der Waals surface area contributed by atoms with Gasteiger partial charge in [0.05, 0.1) is 6.26 Å². The molecule has 0 aromatic carbocycles. The first kappa shape index (κ1) is 11.5. The zero-order valence-corrected chi connectivity index (χ0v) is 8.39. The van der Waals surface area contributed by atoms with Crippen molar-refractivity contribution in [3.05, 3.63) is 24.5 Å². The van der Waals surface area contributed by atoms with Gasteiger partial charge in [-0.25, -0.2) is 0 Å². The summed E-state index contributed by atoms with van der Waals surface area (Å²) in [5.74, 6) is -0.863. The number of hydrogen-bond acceptors (Lipinski definition) is 3. The third kappa shape index (κ3) is 4.44. The van der Waals surface area contributed by atoms with Crippen molar-refractivity contribution in [1.29, 1.82) is 0 Å². The van der Waals surface area contributed by atoms with E-state index in [0.717, 1.165) is 0 Å². The van der Waals surface area contributed by atoms with Crippen LogP contribution in [0.1, 0.15) is 25.7 Å². The molecule has 0 saturated heterocycles. The lowest BCUT2D eigenvalue weighted by Gasteiger charge is -2.11. The molecule has 4 heteroatoms. The van der Waals surface area contributed by atoms with Crippen LogP contribution in [0.4, 0.5) is 0 Å². The van der Waals surface area contributed by atoms with Crippen LogP contribution in [0, 0.1) is 0 Å². The van der Waals surface area contributed by atoms with Gasteiger partial charge in [0.2, 0.25) is 0 Å². The quantitative estimate of drug-likeness (QED) is 0.701. The van der Waals surface area contributed by atoms with Crippen LogP contribution in [0.15, 0.2) is 24.5 Å². The second-order valence-electron chi connectivity index (χ2n) is 3.35. The predicted molar refractivity (Wildman–Crippen MR) is 54.3 cm³/mol. The summed E-state index contributed by atoms with van der Waals surface area (Å²) in [6.07, 6.45) is 7.80.